The normalized spacial score (nSPS) is 16.4. The molecule has 28 heavy (non-hydrogen) atoms. The van der Waals surface area contributed by atoms with Gasteiger partial charge >= 0.3 is 0 Å². The summed E-state index contributed by atoms with van der Waals surface area (Å²) in [5.74, 6) is 2.79. The molecule has 1 aliphatic carbocycles. The van der Waals surface area contributed by atoms with Gasteiger partial charge in [0.05, 0.1) is 6.61 Å². The quantitative estimate of drug-likeness (QED) is 0.701. The van der Waals surface area contributed by atoms with Gasteiger partial charge in [-0.1, -0.05) is 12.1 Å². The summed E-state index contributed by atoms with van der Waals surface area (Å²) in [7, 11) is 2.01. The Balaban J connectivity index is 1.53. The zero-order chi connectivity index (χ0) is 19.5. The molecule has 7 nitrogen and oxygen atoms in total. The van der Waals surface area contributed by atoms with Crippen LogP contribution in [0.15, 0.2) is 24.3 Å². The molecule has 0 atom stereocenters. The molecule has 1 saturated carbocycles. The molecular formula is C21H29N5O2. The molecule has 0 unspecified atom stereocenters. The maximum atomic E-state index is 12.9. The number of benzene rings is 1. The Kier molecular flexibility index (Phi) is 5.50. The Morgan fingerprint density at radius 3 is 2.54 bits per heavy atom. The summed E-state index contributed by atoms with van der Waals surface area (Å²) in [6.07, 6.45) is 4.59. The molecule has 0 radical (unpaired) electrons. The first-order valence-corrected chi connectivity index (χ1v) is 10.3. The number of amides is 1. The van der Waals surface area contributed by atoms with Crippen molar-refractivity contribution in [1.82, 2.24) is 19.7 Å². The third-order valence-corrected chi connectivity index (χ3v) is 5.45. The Labute approximate surface area is 166 Å². The molecule has 1 saturated heterocycles. The fourth-order valence-corrected chi connectivity index (χ4v) is 3.73. The molecule has 0 N–H and O–H groups in total. The molecule has 7 heteroatoms. The topological polar surface area (TPSA) is 63.5 Å². The molecule has 2 heterocycles. The lowest BCUT2D eigenvalue weighted by Gasteiger charge is -2.21. The van der Waals surface area contributed by atoms with Crippen LogP contribution in [-0.2, 0) is 13.1 Å². The number of anilines is 1. The number of nitrogens with zero attached hydrogens (tertiary/aromatic N) is 5. The van der Waals surface area contributed by atoms with Gasteiger partial charge in [0, 0.05) is 33.2 Å². The smallest absolute Gasteiger partial charge is 0.291 e. The van der Waals surface area contributed by atoms with Crippen LogP contribution in [0.2, 0.25) is 0 Å². The lowest BCUT2D eigenvalue weighted by molar-refractivity contribution is 0.0775. The van der Waals surface area contributed by atoms with Gasteiger partial charge in [0.15, 0.2) is 0 Å². The minimum atomic E-state index is 0.0198. The SMILES string of the molecule is CCOc1ccc(CN(C)c2nnc(C(=O)N3CCCC3)n2CC2CC2)cc1. The molecule has 1 aromatic carbocycles. The van der Waals surface area contributed by atoms with Gasteiger partial charge in [-0.15, -0.1) is 10.2 Å². The van der Waals surface area contributed by atoms with Gasteiger partial charge in [0.1, 0.15) is 5.75 Å². The molecule has 1 amide bonds. The van der Waals surface area contributed by atoms with E-state index in [-0.39, 0.29) is 5.91 Å². The first-order valence-electron chi connectivity index (χ1n) is 10.3. The van der Waals surface area contributed by atoms with Crippen LogP contribution < -0.4 is 9.64 Å². The monoisotopic (exact) mass is 383 g/mol. The molecule has 2 aliphatic rings. The standard InChI is InChI=1S/C21H29N5O2/c1-3-28-18-10-8-16(9-11-18)14-24(2)21-23-22-19(26(21)15-17-6-7-17)20(27)25-12-4-5-13-25/h8-11,17H,3-7,12-15H2,1-2H3. The largest absolute Gasteiger partial charge is 0.494 e. The van der Waals surface area contributed by atoms with E-state index in [2.05, 4.69) is 27.2 Å². The van der Waals surface area contributed by atoms with E-state index in [1.54, 1.807) is 0 Å². The number of hydrogen-bond donors (Lipinski definition) is 0. The van der Waals surface area contributed by atoms with Crippen LogP contribution in [0.25, 0.3) is 0 Å². The van der Waals surface area contributed by atoms with Crippen LogP contribution in [-0.4, -0.2) is 52.3 Å². The number of carbonyl (C=O) groups is 1. The maximum absolute atomic E-state index is 12.9. The summed E-state index contributed by atoms with van der Waals surface area (Å²) in [5.41, 5.74) is 1.17. The molecule has 4 rings (SSSR count). The van der Waals surface area contributed by atoms with Crippen molar-refractivity contribution in [3.8, 4) is 5.75 Å². The third-order valence-electron chi connectivity index (χ3n) is 5.45. The average molecular weight is 383 g/mol. The van der Waals surface area contributed by atoms with E-state index in [0.29, 0.717) is 24.9 Å². The van der Waals surface area contributed by atoms with Crippen LogP contribution in [0.4, 0.5) is 5.95 Å². The molecule has 150 valence electrons. The fourth-order valence-electron chi connectivity index (χ4n) is 3.73. The molecule has 2 aromatic rings. The lowest BCUT2D eigenvalue weighted by atomic mass is 10.2. The van der Waals surface area contributed by atoms with Crippen LogP contribution in [0.3, 0.4) is 0 Å². The first kappa shape index (κ1) is 18.8. The Morgan fingerprint density at radius 2 is 1.89 bits per heavy atom. The van der Waals surface area contributed by atoms with Crippen LogP contribution in [0, 0.1) is 5.92 Å². The summed E-state index contributed by atoms with van der Waals surface area (Å²) < 4.78 is 7.55. The van der Waals surface area contributed by atoms with Gasteiger partial charge in [-0.2, -0.15) is 0 Å². The van der Waals surface area contributed by atoms with Gasteiger partial charge < -0.3 is 14.5 Å². The highest BCUT2D eigenvalue weighted by atomic mass is 16.5. The van der Waals surface area contributed by atoms with E-state index in [1.807, 2.05) is 35.6 Å². The number of ether oxygens (including phenoxy) is 1. The predicted octanol–water partition coefficient (Wildman–Crippen LogP) is 2.96. The minimum absolute atomic E-state index is 0.0198. The highest BCUT2D eigenvalue weighted by molar-refractivity contribution is 5.91. The van der Waals surface area contributed by atoms with Gasteiger partial charge in [0.2, 0.25) is 11.8 Å². The number of likely N-dealkylation sites (tertiary alicyclic amines) is 1. The third kappa shape index (κ3) is 4.13. The number of carbonyl (C=O) groups excluding carboxylic acids is 1. The number of aromatic nitrogens is 3. The summed E-state index contributed by atoms with van der Waals surface area (Å²) >= 11 is 0. The van der Waals surface area contributed by atoms with Gasteiger partial charge in [-0.3, -0.25) is 9.36 Å². The fraction of sp³-hybridized carbons (Fsp3) is 0.571. The van der Waals surface area contributed by atoms with E-state index < -0.39 is 0 Å². The summed E-state index contributed by atoms with van der Waals surface area (Å²) in [6.45, 7) is 5.82. The maximum Gasteiger partial charge on any atom is 0.291 e. The second kappa shape index (κ2) is 8.20. The van der Waals surface area contributed by atoms with E-state index in [9.17, 15) is 4.79 Å². The van der Waals surface area contributed by atoms with Crippen molar-refractivity contribution in [2.45, 2.75) is 45.7 Å². The summed E-state index contributed by atoms with van der Waals surface area (Å²) in [4.78, 5) is 16.9. The summed E-state index contributed by atoms with van der Waals surface area (Å²) in [6, 6.07) is 8.12. The molecule has 2 fully saturated rings. The first-order chi connectivity index (χ1) is 13.7. The van der Waals surface area contributed by atoms with E-state index in [1.165, 1.54) is 18.4 Å². The van der Waals surface area contributed by atoms with Crippen molar-refractivity contribution < 1.29 is 9.53 Å². The van der Waals surface area contributed by atoms with E-state index in [0.717, 1.165) is 44.2 Å². The minimum Gasteiger partial charge on any atom is -0.494 e. The van der Waals surface area contributed by atoms with Crippen molar-refractivity contribution in [3.63, 3.8) is 0 Å². The zero-order valence-electron chi connectivity index (χ0n) is 16.8. The average Bonchev–Trinajstić information content (AvgIpc) is 3.18. The summed E-state index contributed by atoms with van der Waals surface area (Å²) in [5, 5.41) is 8.70. The second-order valence-corrected chi connectivity index (χ2v) is 7.81. The van der Waals surface area contributed by atoms with Crippen LogP contribution >= 0.6 is 0 Å². The van der Waals surface area contributed by atoms with Crippen LogP contribution in [0.1, 0.15) is 48.8 Å². The predicted molar refractivity (Wildman–Crippen MR) is 108 cm³/mol. The highest BCUT2D eigenvalue weighted by Crippen LogP contribution is 2.33. The van der Waals surface area contributed by atoms with Crippen molar-refractivity contribution in [2.75, 3.05) is 31.6 Å². The van der Waals surface area contributed by atoms with Crippen molar-refractivity contribution in [2.24, 2.45) is 5.92 Å². The van der Waals surface area contributed by atoms with Gasteiger partial charge in [-0.05, 0) is 56.2 Å². The Hall–Kier alpha value is -2.57. The Morgan fingerprint density at radius 1 is 1.18 bits per heavy atom. The van der Waals surface area contributed by atoms with E-state index >= 15 is 0 Å². The molecule has 1 aliphatic heterocycles. The van der Waals surface area contributed by atoms with Crippen LogP contribution in [0.5, 0.6) is 5.75 Å². The number of rotatable bonds is 8. The molecule has 0 bridgehead atoms. The van der Waals surface area contributed by atoms with Crippen molar-refractivity contribution >= 4 is 11.9 Å². The van der Waals surface area contributed by atoms with Crippen molar-refractivity contribution in [3.05, 3.63) is 35.7 Å². The highest BCUT2D eigenvalue weighted by Gasteiger charge is 2.31. The van der Waals surface area contributed by atoms with Gasteiger partial charge in [0.25, 0.3) is 5.91 Å². The van der Waals surface area contributed by atoms with E-state index in [4.69, 9.17) is 4.74 Å². The molecular weight excluding hydrogens is 354 g/mol. The Bertz CT molecular complexity index is 807. The van der Waals surface area contributed by atoms with Gasteiger partial charge in [-0.25, -0.2) is 0 Å². The number of hydrogen-bond acceptors (Lipinski definition) is 5. The lowest BCUT2D eigenvalue weighted by Crippen LogP contribution is -2.31. The molecule has 1 aromatic heterocycles. The van der Waals surface area contributed by atoms with Crippen molar-refractivity contribution in [1.29, 1.82) is 0 Å². The zero-order valence-corrected chi connectivity index (χ0v) is 16.8. The molecule has 0 spiro atoms. The second-order valence-electron chi connectivity index (χ2n) is 7.81.